The van der Waals surface area contributed by atoms with Gasteiger partial charge in [-0.3, -0.25) is 0 Å². The number of hydrogen-bond donors (Lipinski definition) is 1. The van der Waals surface area contributed by atoms with Crippen LogP contribution in [-0.2, 0) is 6.54 Å². The zero-order valence-corrected chi connectivity index (χ0v) is 11.5. The first-order chi connectivity index (χ1) is 8.72. The van der Waals surface area contributed by atoms with Crippen LogP contribution in [0.3, 0.4) is 0 Å². The van der Waals surface area contributed by atoms with Gasteiger partial charge in [0, 0.05) is 25.4 Å². The molecule has 0 unspecified atom stereocenters. The summed E-state index contributed by atoms with van der Waals surface area (Å²) in [5.41, 5.74) is 1.72. The van der Waals surface area contributed by atoms with Crippen LogP contribution >= 0.6 is 0 Å². The first kappa shape index (κ1) is 13.3. The monoisotopic (exact) mass is 248 g/mol. The summed E-state index contributed by atoms with van der Waals surface area (Å²) in [6.07, 6.45) is 8.80. The van der Waals surface area contributed by atoms with Gasteiger partial charge in [0.1, 0.15) is 0 Å². The zero-order chi connectivity index (χ0) is 12.8. The number of methoxy groups -OCH3 is 1. The summed E-state index contributed by atoms with van der Waals surface area (Å²) in [4.78, 5) is 4.22. The fraction of sp³-hybridized carbons (Fsp3) is 0.667. The Morgan fingerprint density at radius 3 is 2.67 bits per heavy atom. The molecule has 1 fully saturated rings. The maximum Gasteiger partial charge on any atom is 0.212 e. The average Bonchev–Trinajstić information content (AvgIpc) is 2.40. The summed E-state index contributed by atoms with van der Waals surface area (Å²) < 4.78 is 5.05. The van der Waals surface area contributed by atoms with Gasteiger partial charge >= 0.3 is 0 Å². The minimum atomic E-state index is 0.498. The van der Waals surface area contributed by atoms with Crippen LogP contribution in [0.1, 0.15) is 44.6 Å². The summed E-state index contributed by atoms with van der Waals surface area (Å²) in [5, 5.41) is 3.57. The van der Waals surface area contributed by atoms with E-state index in [-0.39, 0.29) is 0 Å². The highest BCUT2D eigenvalue weighted by atomic mass is 16.5. The summed E-state index contributed by atoms with van der Waals surface area (Å²) >= 11 is 0. The highest BCUT2D eigenvalue weighted by Crippen LogP contribution is 2.34. The molecule has 1 saturated carbocycles. The van der Waals surface area contributed by atoms with Crippen LogP contribution in [0.2, 0.25) is 0 Å². The Hall–Kier alpha value is -1.09. The molecular weight excluding hydrogens is 224 g/mol. The van der Waals surface area contributed by atoms with Gasteiger partial charge in [0.15, 0.2) is 0 Å². The Kier molecular flexibility index (Phi) is 4.59. The second-order valence-electron chi connectivity index (χ2n) is 5.68. The lowest BCUT2D eigenvalue weighted by molar-refractivity contribution is 0.207. The predicted octanol–water partition coefficient (Wildman–Crippen LogP) is 3.15. The molecule has 0 atom stereocenters. The van der Waals surface area contributed by atoms with E-state index < -0.39 is 0 Å². The Morgan fingerprint density at radius 2 is 2.06 bits per heavy atom. The largest absolute Gasteiger partial charge is 0.481 e. The van der Waals surface area contributed by atoms with Gasteiger partial charge < -0.3 is 10.1 Å². The number of nitrogens with zero attached hydrogens (tertiary/aromatic N) is 1. The van der Waals surface area contributed by atoms with E-state index in [0.29, 0.717) is 11.3 Å². The molecule has 3 nitrogen and oxygen atoms in total. The molecule has 1 aliphatic carbocycles. The zero-order valence-electron chi connectivity index (χ0n) is 11.5. The van der Waals surface area contributed by atoms with Crippen LogP contribution in [0.25, 0.3) is 0 Å². The van der Waals surface area contributed by atoms with Gasteiger partial charge in [0.05, 0.1) is 7.11 Å². The van der Waals surface area contributed by atoms with E-state index in [0.717, 1.165) is 13.1 Å². The smallest absolute Gasteiger partial charge is 0.212 e. The highest BCUT2D eigenvalue weighted by Gasteiger charge is 2.25. The van der Waals surface area contributed by atoms with Crippen LogP contribution in [0.15, 0.2) is 18.3 Å². The van der Waals surface area contributed by atoms with Gasteiger partial charge in [-0.05, 0) is 23.8 Å². The van der Waals surface area contributed by atoms with E-state index in [1.807, 2.05) is 12.3 Å². The van der Waals surface area contributed by atoms with Crippen molar-refractivity contribution in [3.63, 3.8) is 0 Å². The van der Waals surface area contributed by atoms with Gasteiger partial charge in [0.2, 0.25) is 5.88 Å². The Morgan fingerprint density at radius 1 is 1.28 bits per heavy atom. The third-order valence-electron chi connectivity index (χ3n) is 3.95. The second-order valence-corrected chi connectivity index (χ2v) is 5.68. The third kappa shape index (κ3) is 3.70. The molecule has 1 heterocycles. The number of pyridine rings is 1. The molecule has 1 aromatic rings. The lowest BCUT2D eigenvalue weighted by Crippen LogP contribution is -2.33. The van der Waals surface area contributed by atoms with E-state index in [1.54, 1.807) is 7.11 Å². The second kappa shape index (κ2) is 6.19. The van der Waals surface area contributed by atoms with Crippen LogP contribution < -0.4 is 10.1 Å². The van der Waals surface area contributed by atoms with E-state index in [2.05, 4.69) is 23.3 Å². The van der Waals surface area contributed by atoms with Crippen molar-refractivity contribution in [1.82, 2.24) is 10.3 Å². The van der Waals surface area contributed by atoms with Crippen molar-refractivity contribution in [2.24, 2.45) is 5.41 Å². The van der Waals surface area contributed by atoms with Gasteiger partial charge in [0.25, 0.3) is 0 Å². The summed E-state index contributed by atoms with van der Waals surface area (Å²) in [7, 11) is 1.64. The molecule has 0 aliphatic heterocycles. The maximum absolute atomic E-state index is 5.05. The number of hydrogen-bond acceptors (Lipinski definition) is 3. The minimum Gasteiger partial charge on any atom is -0.481 e. The molecule has 1 aliphatic rings. The molecule has 0 amide bonds. The van der Waals surface area contributed by atoms with E-state index >= 15 is 0 Å². The van der Waals surface area contributed by atoms with Crippen molar-refractivity contribution in [1.29, 1.82) is 0 Å². The summed E-state index contributed by atoms with van der Waals surface area (Å²) in [6, 6.07) is 3.99. The number of nitrogens with one attached hydrogen (secondary N) is 1. The quantitative estimate of drug-likeness (QED) is 0.869. The number of ether oxygens (including phenoxy) is 1. The first-order valence-electron chi connectivity index (χ1n) is 6.91. The van der Waals surface area contributed by atoms with E-state index in [9.17, 15) is 0 Å². The molecule has 18 heavy (non-hydrogen) atoms. The van der Waals surface area contributed by atoms with Crippen LogP contribution in [0.5, 0.6) is 5.88 Å². The topological polar surface area (TPSA) is 34.1 Å². The molecule has 0 aromatic carbocycles. The molecule has 100 valence electrons. The van der Waals surface area contributed by atoms with E-state index in [4.69, 9.17) is 4.74 Å². The van der Waals surface area contributed by atoms with Crippen molar-refractivity contribution in [2.45, 2.75) is 45.6 Å². The van der Waals surface area contributed by atoms with Crippen LogP contribution in [0.4, 0.5) is 0 Å². The van der Waals surface area contributed by atoms with Crippen LogP contribution in [-0.4, -0.2) is 18.6 Å². The third-order valence-corrected chi connectivity index (χ3v) is 3.95. The predicted molar refractivity (Wildman–Crippen MR) is 73.7 cm³/mol. The van der Waals surface area contributed by atoms with Crippen molar-refractivity contribution in [3.8, 4) is 5.88 Å². The van der Waals surface area contributed by atoms with Gasteiger partial charge in [-0.2, -0.15) is 0 Å². The Bertz CT molecular complexity index is 355. The van der Waals surface area contributed by atoms with Crippen molar-refractivity contribution in [2.75, 3.05) is 13.7 Å². The number of aromatic nitrogens is 1. The van der Waals surface area contributed by atoms with Crippen molar-refractivity contribution < 1.29 is 4.74 Å². The minimum absolute atomic E-state index is 0.498. The molecular formula is C15H24N2O. The Labute approximate surface area is 110 Å². The summed E-state index contributed by atoms with van der Waals surface area (Å²) in [5.74, 6) is 0.679. The normalized spacial score (nSPS) is 18.6. The van der Waals surface area contributed by atoms with Crippen LogP contribution in [0, 0.1) is 5.41 Å². The standard InChI is InChI=1S/C15H24N2O/c1-15(8-4-3-5-9-15)12-16-10-13-6-7-14(18-2)17-11-13/h6-7,11,16H,3-5,8-10,12H2,1-2H3. The van der Waals surface area contributed by atoms with Gasteiger partial charge in [-0.15, -0.1) is 0 Å². The molecule has 3 heteroatoms. The SMILES string of the molecule is COc1ccc(CNCC2(C)CCCCC2)cn1. The molecule has 0 bridgehead atoms. The molecule has 0 radical (unpaired) electrons. The summed E-state index contributed by atoms with van der Waals surface area (Å²) in [6.45, 7) is 4.41. The lowest BCUT2D eigenvalue weighted by atomic mass is 9.76. The van der Waals surface area contributed by atoms with Crippen molar-refractivity contribution in [3.05, 3.63) is 23.9 Å². The average molecular weight is 248 g/mol. The van der Waals surface area contributed by atoms with Gasteiger partial charge in [-0.1, -0.05) is 32.3 Å². The van der Waals surface area contributed by atoms with E-state index in [1.165, 1.54) is 37.7 Å². The molecule has 0 spiro atoms. The molecule has 2 rings (SSSR count). The first-order valence-corrected chi connectivity index (χ1v) is 6.91. The maximum atomic E-state index is 5.05. The highest BCUT2D eigenvalue weighted by molar-refractivity contribution is 5.17. The fourth-order valence-corrected chi connectivity index (χ4v) is 2.73. The molecule has 1 N–H and O–H groups in total. The lowest BCUT2D eigenvalue weighted by Gasteiger charge is -2.33. The molecule has 1 aromatic heterocycles. The Balaban J connectivity index is 1.77. The number of rotatable bonds is 5. The van der Waals surface area contributed by atoms with Crippen molar-refractivity contribution >= 4 is 0 Å². The molecule has 0 saturated heterocycles. The fourth-order valence-electron chi connectivity index (χ4n) is 2.73. The van der Waals surface area contributed by atoms with Gasteiger partial charge in [-0.25, -0.2) is 4.98 Å².